The SMILES string of the molecule is Cc1nc(Nc2ncc(C(=O)Nc3c(C)cccc3Cl)s2)cc(N2CCC(N(C)Cc3ccc4c(c3)C(=O)N(C3CCC(=O)NC3=O)C4=O)CC2)n1. The van der Waals surface area contributed by atoms with Crippen LogP contribution in [0, 0.1) is 13.8 Å². The third-order valence-electron chi connectivity index (χ3n) is 9.60. The number of hydrogen-bond donors (Lipinski definition) is 3. The van der Waals surface area contributed by atoms with Gasteiger partial charge in [-0.25, -0.2) is 15.0 Å². The molecule has 3 aliphatic rings. The summed E-state index contributed by atoms with van der Waals surface area (Å²) in [4.78, 5) is 82.8. The van der Waals surface area contributed by atoms with Gasteiger partial charge in [0.2, 0.25) is 11.8 Å². The van der Waals surface area contributed by atoms with Crippen molar-refractivity contribution in [1.82, 2.24) is 30.1 Å². The number of aromatic nitrogens is 3. The molecular weight excluding hydrogens is 706 g/mol. The Hall–Kier alpha value is -5.25. The van der Waals surface area contributed by atoms with Gasteiger partial charge in [-0.1, -0.05) is 41.1 Å². The zero-order chi connectivity index (χ0) is 36.7. The number of nitrogens with one attached hydrogen (secondary N) is 3. The summed E-state index contributed by atoms with van der Waals surface area (Å²) in [7, 11) is 2.05. The fourth-order valence-corrected chi connectivity index (χ4v) is 7.85. The molecule has 0 spiro atoms. The minimum atomic E-state index is -0.990. The molecule has 52 heavy (non-hydrogen) atoms. The normalized spacial score (nSPS) is 17.8. The maximum Gasteiger partial charge on any atom is 0.267 e. The molecular formula is C36H36ClN9O5S. The predicted octanol–water partition coefficient (Wildman–Crippen LogP) is 4.70. The van der Waals surface area contributed by atoms with E-state index < -0.39 is 29.7 Å². The number of benzene rings is 2. The molecule has 2 fully saturated rings. The van der Waals surface area contributed by atoms with Gasteiger partial charge in [-0.15, -0.1) is 0 Å². The van der Waals surface area contributed by atoms with Crippen molar-refractivity contribution in [2.24, 2.45) is 0 Å². The van der Waals surface area contributed by atoms with Crippen LogP contribution in [0.4, 0.5) is 22.5 Å². The standard InChI is InChI=1S/C36H36ClN9O5S/c1-19-5-4-6-25(37)31(19)43-33(49)27-17-38-36(52-27)41-28-16-29(40-20(2)39-28)45-13-11-22(12-14-45)44(3)18-21-7-8-23-24(15-21)35(51)46(34(23)50)26-9-10-30(47)42-32(26)48/h4-8,15-17,22,26H,9-14,18H2,1-3H3,(H,43,49)(H,42,47,48)(H,38,39,40,41). The first-order valence-electron chi connectivity index (χ1n) is 16.9. The van der Waals surface area contributed by atoms with E-state index in [1.807, 2.05) is 45.2 Å². The number of fused-ring (bicyclic) bond motifs is 1. The van der Waals surface area contributed by atoms with Crippen LogP contribution in [-0.2, 0) is 16.1 Å². The summed E-state index contributed by atoms with van der Waals surface area (Å²) in [6, 6.07) is 11.8. The number of carbonyl (C=O) groups excluding carboxylic acids is 5. The number of hydrogen-bond acceptors (Lipinski definition) is 12. The van der Waals surface area contributed by atoms with Gasteiger partial charge in [0.05, 0.1) is 28.0 Å². The van der Waals surface area contributed by atoms with Crippen LogP contribution in [-0.4, -0.2) is 86.5 Å². The molecule has 3 aliphatic heterocycles. The molecule has 4 aromatic rings. The average Bonchev–Trinajstić information content (AvgIpc) is 3.68. The monoisotopic (exact) mass is 741 g/mol. The van der Waals surface area contributed by atoms with E-state index in [1.165, 1.54) is 17.5 Å². The van der Waals surface area contributed by atoms with Gasteiger partial charge in [-0.05, 0) is 69.5 Å². The van der Waals surface area contributed by atoms with Gasteiger partial charge < -0.3 is 15.5 Å². The van der Waals surface area contributed by atoms with Crippen LogP contribution in [0.15, 0.2) is 48.7 Å². The summed E-state index contributed by atoms with van der Waals surface area (Å²) < 4.78 is 0. The Bertz CT molecular complexity index is 2090. The van der Waals surface area contributed by atoms with Crippen molar-refractivity contribution >= 4 is 74.9 Å². The van der Waals surface area contributed by atoms with Gasteiger partial charge in [0, 0.05) is 38.2 Å². The molecule has 1 atom stereocenters. The third kappa shape index (κ3) is 7.11. The Kier molecular flexibility index (Phi) is 9.74. The van der Waals surface area contributed by atoms with Crippen LogP contribution in [0.2, 0.25) is 5.02 Å². The summed E-state index contributed by atoms with van der Waals surface area (Å²) in [5.41, 5.74) is 2.87. The lowest BCUT2D eigenvalue weighted by Gasteiger charge is -2.37. The number of halogens is 1. The Morgan fingerprint density at radius 1 is 1.02 bits per heavy atom. The van der Waals surface area contributed by atoms with Crippen LogP contribution >= 0.6 is 22.9 Å². The lowest BCUT2D eigenvalue weighted by atomic mass is 10.0. The Morgan fingerprint density at radius 2 is 1.79 bits per heavy atom. The molecule has 2 aromatic heterocycles. The fourth-order valence-electron chi connectivity index (χ4n) is 6.86. The molecule has 2 aromatic carbocycles. The zero-order valence-corrected chi connectivity index (χ0v) is 30.3. The Balaban J connectivity index is 0.948. The van der Waals surface area contributed by atoms with Crippen molar-refractivity contribution in [3.8, 4) is 0 Å². The number of nitrogens with zero attached hydrogens (tertiary/aromatic N) is 6. The van der Waals surface area contributed by atoms with E-state index in [9.17, 15) is 24.0 Å². The number of thiazole rings is 1. The molecule has 7 rings (SSSR count). The highest BCUT2D eigenvalue weighted by molar-refractivity contribution is 7.17. The highest BCUT2D eigenvalue weighted by atomic mass is 35.5. The summed E-state index contributed by atoms with van der Waals surface area (Å²) in [6.07, 6.45) is 3.47. The van der Waals surface area contributed by atoms with E-state index >= 15 is 0 Å². The lowest BCUT2D eigenvalue weighted by molar-refractivity contribution is -0.136. The Morgan fingerprint density at radius 3 is 2.54 bits per heavy atom. The first-order valence-corrected chi connectivity index (χ1v) is 18.1. The number of imide groups is 2. The number of rotatable bonds is 9. The molecule has 2 saturated heterocycles. The van der Waals surface area contributed by atoms with Gasteiger partial charge in [0.15, 0.2) is 5.13 Å². The number of para-hydroxylation sites is 1. The molecule has 1 unspecified atom stereocenters. The maximum absolute atomic E-state index is 13.3. The average molecular weight is 742 g/mol. The van der Waals surface area contributed by atoms with Gasteiger partial charge >= 0.3 is 0 Å². The van der Waals surface area contributed by atoms with Gasteiger partial charge in [-0.3, -0.25) is 39.1 Å². The molecule has 16 heteroatoms. The van der Waals surface area contributed by atoms with Crippen molar-refractivity contribution in [3.05, 3.63) is 86.6 Å². The van der Waals surface area contributed by atoms with Crippen molar-refractivity contribution in [2.45, 2.75) is 58.2 Å². The molecule has 5 amide bonds. The minimum absolute atomic E-state index is 0.0779. The van der Waals surface area contributed by atoms with Crippen molar-refractivity contribution in [3.63, 3.8) is 0 Å². The van der Waals surface area contributed by atoms with Crippen LogP contribution in [0.25, 0.3) is 0 Å². The van der Waals surface area contributed by atoms with E-state index in [2.05, 4.69) is 35.7 Å². The summed E-state index contributed by atoms with van der Waals surface area (Å²) in [5.74, 6) is -0.378. The molecule has 5 heterocycles. The topological polar surface area (TPSA) is 170 Å². The summed E-state index contributed by atoms with van der Waals surface area (Å²) in [6.45, 7) is 5.83. The van der Waals surface area contributed by atoms with E-state index in [4.69, 9.17) is 16.6 Å². The van der Waals surface area contributed by atoms with Gasteiger partial charge in [0.25, 0.3) is 17.7 Å². The molecule has 0 radical (unpaired) electrons. The van der Waals surface area contributed by atoms with E-state index in [0.29, 0.717) is 38.9 Å². The smallest absolute Gasteiger partial charge is 0.267 e. The third-order valence-corrected chi connectivity index (χ3v) is 10.8. The van der Waals surface area contributed by atoms with E-state index in [1.54, 1.807) is 18.2 Å². The molecule has 3 N–H and O–H groups in total. The van der Waals surface area contributed by atoms with Crippen molar-refractivity contribution in [2.75, 3.05) is 35.7 Å². The first-order chi connectivity index (χ1) is 24.9. The van der Waals surface area contributed by atoms with Crippen LogP contribution in [0.5, 0.6) is 0 Å². The fraction of sp³-hybridized carbons (Fsp3) is 0.333. The van der Waals surface area contributed by atoms with Gasteiger partial charge in [0.1, 0.15) is 28.4 Å². The van der Waals surface area contributed by atoms with Gasteiger partial charge in [-0.2, -0.15) is 0 Å². The highest BCUT2D eigenvalue weighted by Gasteiger charge is 2.44. The number of amides is 5. The Labute approximate surface area is 308 Å². The zero-order valence-electron chi connectivity index (χ0n) is 28.7. The molecule has 0 bridgehead atoms. The van der Waals surface area contributed by atoms with Crippen molar-refractivity contribution < 1.29 is 24.0 Å². The van der Waals surface area contributed by atoms with Crippen molar-refractivity contribution in [1.29, 1.82) is 0 Å². The number of anilines is 4. The number of piperidine rings is 2. The second-order valence-corrected chi connectivity index (χ2v) is 14.6. The first kappa shape index (κ1) is 35.2. The predicted molar refractivity (Wildman–Crippen MR) is 196 cm³/mol. The second-order valence-electron chi connectivity index (χ2n) is 13.2. The number of carbonyl (C=O) groups is 5. The highest BCUT2D eigenvalue weighted by Crippen LogP contribution is 2.31. The van der Waals surface area contributed by atoms with E-state index in [0.717, 1.165) is 47.8 Å². The maximum atomic E-state index is 13.3. The molecule has 268 valence electrons. The van der Waals surface area contributed by atoms with Crippen LogP contribution in [0.1, 0.15) is 73.0 Å². The van der Waals surface area contributed by atoms with Crippen LogP contribution in [0.3, 0.4) is 0 Å². The van der Waals surface area contributed by atoms with Crippen LogP contribution < -0.4 is 20.9 Å². The lowest BCUT2D eigenvalue weighted by Crippen LogP contribution is -2.54. The molecule has 14 nitrogen and oxygen atoms in total. The van der Waals surface area contributed by atoms with E-state index in [-0.39, 0.29) is 35.9 Å². The number of aryl methyl sites for hydroxylation is 2. The second kappa shape index (κ2) is 14.4. The summed E-state index contributed by atoms with van der Waals surface area (Å²) in [5, 5.41) is 9.31. The molecule has 0 saturated carbocycles. The molecule has 0 aliphatic carbocycles. The minimum Gasteiger partial charge on any atom is -0.356 e. The quantitative estimate of drug-likeness (QED) is 0.203. The summed E-state index contributed by atoms with van der Waals surface area (Å²) >= 11 is 7.49. The largest absolute Gasteiger partial charge is 0.356 e.